The van der Waals surface area contributed by atoms with Gasteiger partial charge in [-0.2, -0.15) is 0 Å². The zero-order valence-electron chi connectivity index (χ0n) is 20.2. The molecule has 37 heavy (non-hydrogen) atoms. The molecule has 1 aliphatic carbocycles. The van der Waals surface area contributed by atoms with E-state index in [0.29, 0.717) is 0 Å². The van der Waals surface area contributed by atoms with Gasteiger partial charge in [0.05, 0.1) is 0 Å². The third kappa shape index (κ3) is 3.04. The van der Waals surface area contributed by atoms with E-state index in [4.69, 9.17) is 0 Å². The van der Waals surface area contributed by atoms with E-state index in [1.165, 1.54) is 54.6 Å². The van der Waals surface area contributed by atoms with Gasteiger partial charge in [0.2, 0.25) is 0 Å². The van der Waals surface area contributed by atoms with Gasteiger partial charge >= 0.3 is 0 Å². The van der Waals surface area contributed by atoms with Crippen LogP contribution in [0.15, 0.2) is 140 Å². The molecule has 1 heteroatoms. The van der Waals surface area contributed by atoms with Gasteiger partial charge in [0.15, 0.2) is 0 Å². The number of hydrogen-bond donors (Lipinski definition) is 0. The molecule has 0 unspecified atom stereocenters. The molecule has 0 atom stereocenters. The molecule has 0 spiro atoms. The van der Waals surface area contributed by atoms with Crippen LogP contribution in [-0.2, 0) is 0 Å². The molecule has 7 aromatic rings. The van der Waals surface area contributed by atoms with Crippen LogP contribution in [0.3, 0.4) is 0 Å². The highest BCUT2D eigenvalue weighted by atomic mass is 15.1. The first-order valence-corrected chi connectivity index (χ1v) is 12.8. The molecule has 0 aromatic heterocycles. The summed E-state index contributed by atoms with van der Waals surface area (Å²) in [5, 5.41) is 7.83. The maximum absolute atomic E-state index is 2.39. The zero-order valence-corrected chi connectivity index (χ0v) is 20.2. The number of hydrogen-bond acceptors (Lipinski definition) is 1. The summed E-state index contributed by atoms with van der Waals surface area (Å²) in [7, 11) is 0. The average molecular weight is 470 g/mol. The Balaban J connectivity index is 1.37. The smallest absolute Gasteiger partial charge is 0.0468 e. The Labute approximate surface area is 215 Å². The molecule has 1 aliphatic rings. The zero-order chi connectivity index (χ0) is 24.3. The van der Waals surface area contributed by atoms with Crippen LogP contribution < -0.4 is 4.90 Å². The molecule has 0 saturated heterocycles. The number of benzene rings is 7. The predicted molar refractivity (Wildman–Crippen MR) is 158 cm³/mol. The first-order valence-electron chi connectivity index (χ1n) is 12.8. The van der Waals surface area contributed by atoms with Crippen LogP contribution in [0.25, 0.3) is 54.6 Å². The molecular weight excluding hydrogens is 446 g/mol. The number of nitrogens with zero attached hydrogens (tertiary/aromatic N) is 1. The molecule has 0 fully saturated rings. The van der Waals surface area contributed by atoms with Crippen molar-refractivity contribution >= 4 is 49.4 Å². The van der Waals surface area contributed by atoms with E-state index in [-0.39, 0.29) is 0 Å². The summed E-state index contributed by atoms with van der Waals surface area (Å²) in [6.07, 6.45) is 0. The largest absolute Gasteiger partial charge is 0.310 e. The lowest BCUT2D eigenvalue weighted by Crippen LogP contribution is -2.09. The lowest BCUT2D eigenvalue weighted by molar-refractivity contribution is 1.29. The van der Waals surface area contributed by atoms with E-state index in [1.807, 2.05) is 0 Å². The minimum absolute atomic E-state index is 1.15. The fraction of sp³-hybridized carbons (Fsp3) is 0. The van der Waals surface area contributed by atoms with Crippen LogP contribution in [0.4, 0.5) is 17.1 Å². The Hall–Kier alpha value is -4.88. The van der Waals surface area contributed by atoms with E-state index in [2.05, 4.69) is 144 Å². The summed E-state index contributed by atoms with van der Waals surface area (Å²) in [4.78, 5) is 2.33. The summed E-state index contributed by atoms with van der Waals surface area (Å²) in [5.74, 6) is 0. The second-order valence-electron chi connectivity index (χ2n) is 9.81. The number of fused-ring (bicyclic) bond motifs is 6. The highest BCUT2D eigenvalue weighted by molar-refractivity contribution is 6.25. The van der Waals surface area contributed by atoms with Gasteiger partial charge in [-0.25, -0.2) is 0 Å². The van der Waals surface area contributed by atoms with Gasteiger partial charge in [0.25, 0.3) is 0 Å². The normalized spacial score (nSPS) is 11.8. The first-order chi connectivity index (χ1) is 18.3. The minimum atomic E-state index is 1.15. The molecule has 8 rings (SSSR count). The highest BCUT2D eigenvalue weighted by Gasteiger charge is 2.24. The third-order valence-electron chi connectivity index (χ3n) is 7.69. The molecule has 0 bridgehead atoms. The summed E-state index contributed by atoms with van der Waals surface area (Å²) < 4.78 is 0. The molecule has 0 heterocycles. The van der Waals surface area contributed by atoms with E-state index in [1.54, 1.807) is 0 Å². The molecule has 0 amide bonds. The Bertz CT molecular complexity index is 1930. The topological polar surface area (TPSA) is 3.24 Å². The van der Waals surface area contributed by atoms with Crippen molar-refractivity contribution in [2.24, 2.45) is 0 Å². The second kappa shape index (κ2) is 7.81. The maximum atomic E-state index is 2.39. The molecule has 0 N–H and O–H groups in total. The van der Waals surface area contributed by atoms with Gasteiger partial charge < -0.3 is 4.90 Å². The fourth-order valence-corrected chi connectivity index (χ4v) is 6.08. The van der Waals surface area contributed by atoms with Crippen LogP contribution in [0.5, 0.6) is 0 Å². The van der Waals surface area contributed by atoms with Gasteiger partial charge in [0, 0.05) is 17.1 Å². The van der Waals surface area contributed by atoms with E-state index >= 15 is 0 Å². The number of para-hydroxylation sites is 2. The van der Waals surface area contributed by atoms with Gasteiger partial charge in [-0.05, 0) is 109 Å². The van der Waals surface area contributed by atoms with Crippen molar-refractivity contribution in [3.63, 3.8) is 0 Å². The lowest BCUT2D eigenvalue weighted by atomic mass is 9.95. The number of anilines is 3. The van der Waals surface area contributed by atoms with Gasteiger partial charge in [-0.15, -0.1) is 0 Å². The lowest BCUT2D eigenvalue weighted by Gasteiger charge is -2.25. The van der Waals surface area contributed by atoms with Crippen LogP contribution in [0.2, 0.25) is 0 Å². The molecule has 0 saturated carbocycles. The monoisotopic (exact) mass is 469 g/mol. The Kier molecular flexibility index (Phi) is 4.29. The molecule has 0 aliphatic heterocycles. The van der Waals surface area contributed by atoms with Crippen molar-refractivity contribution in [3.05, 3.63) is 140 Å². The molecular formula is C36H23N. The Morgan fingerprint density at radius 1 is 0.351 bits per heavy atom. The van der Waals surface area contributed by atoms with Crippen molar-refractivity contribution in [2.75, 3.05) is 4.90 Å². The molecule has 172 valence electrons. The second-order valence-corrected chi connectivity index (χ2v) is 9.81. The quantitative estimate of drug-likeness (QED) is 0.233. The molecule has 0 radical (unpaired) electrons. The summed E-state index contributed by atoms with van der Waals surface area (Å²) in [6, 6.07) is 50.7. The van der Waals surface area contributed by atoms with Gasteiger partial charge in [-0.3, -0.25) is 0 Å². The van der Waals surface area contributed by atoms with Gasteiger partial charge in [0.1, 0.15) is 0 Å². The standard InChI is InChI=1S/C36H23N/c1-3-12-28(13-4-1)37(29-14-5-2-6-15-29)30-19-18-24-22-34-33(23-27(24)21-30)32-17-9-11-26-20-25-10-7-8-16-31(25)36(34)35(26)32/h1-23H. The predicted octanol–water partition coefficient (Wildman–Crippen LogP) is 10.3. The van der Waals surface area contributed by atoms with E-state index in [0.717, 1.165) is 17.1 Å². The van der Waals surface area contributed by atoms with E-state index in [9.17, 15) is 0 Å². The maximum Gasteiger partial charge on any atom is 0.0468 e. The number of rotatable bonds is 3. The van der Waals surface area contributed by atoms with Crippen LogP contribution >= 0.6 is 0 Å². The summed E-state index contributed by atoms with van der Waals surface area (Å²) >= 11 is 0. The Morgan fingerprint density at radius 2 is 1.03 bits per heavy atom. The fourth-order valence-electron chi connectivity index (χ4n) is 6.08. The van der Waals surface area contributed by atoms with Crippen molar-refractivity contribution in [2.45, 2.75) is 0 Å². The summed E-state index contributed by atoms with van der Waals surface area (Å²) in [6.45, 7) is 0. The van der Waals surface area contributed by atoms with Gasteiger partial charge in [-0.1, -0.05) is 84.9 Å². The van der Waals surface area contributed by atoms with Crippen LogP contribution in [-0.4, -0.2) is 0 Å². The summed E-state index contributed by atoms with van der Waals surface area (Å²) in [5.41, 5.74) is 8.84. The van der Waals surface area contributed by atoms with Crippen LogP contribution in [0, 0.1) is 0 Å². The third-order valence-corrected chi connectivity index (χ3v) is 7.69. The SMILES string of the molecule is c1ccc(N(c2ccccc2)c2ccc3cc4c(cc3c2)-c2cccc3cc5ccccc5c-4c23)cc1. The van der Waals surface area contributed by atoms with Crippen molar-refractivity contribution in [1.82, 2.24) is 0 Å². The molecule has 1 nitrogen and oxygen atoms in total. The average Bonchev–Trinajstić information content (AvgIpc) is 3.28. The van der Waals surface area contributed by atoms with Crippen molar-refractivity contribution < 1.29 is 0 Å². The minimum Gasteiger partial charge on any atom is -0.310 e. The highest BCUT2D eigenvalue weighted by Crippen LogP contribution is 2.51. The van der Waals surface area contributed by atoms with Crippen molar-refractivity contribution in [1.29, 1.82) is 0 Å². The molecule has 7 aromatic carbocycles. The van der Waals surface area contributed by atoms with Crippen LogP contribution in [0.1, 0.15) is 0 Å². The van der Waals surface area contributed by atoms with E-state index < -0.39 is 0 Å². The Morgan fingerprint density at radius 3 is 1.81 bits per heavy atom. The van der Waals surface area contributed by atoms with Crippen molar-refractivity contribution in [3.8, 4) is 22.3 Å². The first kappa shape index (κ1) is 20.3.